The lowest BCUT2D eigenvalue weighted by atomic mass is 10.1. The second-order valence-electron chi connectivity index (χ2n) is 7.53. The number of benzene rings is 2. The highest BCUT2D eigenvalue weighted by molar-refractivity contribution is 5.90. The van der Waals surface area contributed by atoms with Crippen molar-refractivity contribution in [3.8, 4) is 0 Å². The van der Waals surface area contributed by atoms with Gasteiger partial charge < -0.3 is 15.0 Å². The van der Waals surface area contributed by atoms with Gasteiger partial charge in [0.25, 0.3) is 0 Å². The number of amides is 2. The molecule has 1 aromatic heterocycles. The van der Waals surface area contributed by atoms with Crippen molar-refractivity contribution in [1.82, 2.24) is 14.7 Å². The number of rotatable bonds is 5. The van der Waals surface area contributed by atoms with Gasteiger partial charge in [-0.05, 0) is 36.2 Å². The number of carbonyl (C=O) groups excluding carboxylic acids is 1. The minimum absolute atomic E-state index is 0.120. The van der Waals surface area contributed by atoms with E-state index in [0.29, 0.717) is 26.3 Å². The molecule has 0 unspecified atom stereocenters. The molecule has 0 aliphatic carbocycles. The van der Waals surface area contributed by atoms with Crippen LogP contribution in [0, 0.1) is 12.7 Å². The van der Waals surface area contributed by atoms with E-state index in [9.17, 15) is 9.18 Å². The first-order valence-corrected chi connectivity index (χ1v) is 9.98. The molecule has 30 heavy (non-hydrogen) atoms. The van der Waals surface area contributed by atoms with Crippen LogP contribution in [0.3, 0.4) is 0 Å². The van der Waals surface area contributed by atoms with Crippen molar-refractivity contribution in [2.24, 2.45) is 7.05 Å². The summed E-state index contributed by atoms with van der Waals surface area (Å²) in [6.45, 7) is 3.71. The molecular weight excluding hydrogens is 383 g/mol. The van der Waals surface area contributed by atoms with Crippen LogP contribution in [0.2, 0.25) is 0 Å². The summed E-state index contributed by atoms with van der Waals surface area (Å²) in [4.78, 5) is 14.6. The number of ether oxygens (including phenoxy) is 1. The third-order valence-electron chi connectivity index (χ3n) is 5.40. The van der Waals surface area contributed by atoms with E-state index in [1.807, 2.05) is 49.0 Å². The van der Waals surface area contributed by atoms with Crippen molar-refractivity contribution in [2.75, 3.05) is 11.9 Å². The van der Waals surface area contributed by atoms with Gasteiger partial charge in [0.2, 0.25) is 0 Å². The van der Waals surface area contributed by atoms with Crippen molar-refractivity contribution in [1.29, 1.82) is 0 Å². The number of hydrogen-bond donors (Lipinski definition) is 1. The van der Waals surface area contributed by atoms with Crippen LogP contribution in [-0.4, -0.2) is 27.3 Å². The largest absolute Gasteiger partial charge is 0.370 e. The maximum Gasteiger partial charge on any atom is 0.322 e. The van der Waals surface area contributed by atoms with Gasteiger partial charge in [-0.15, -0.1) is 0 Å². The standard InChI is InChI=1S/C23H25FN4O2/c1-16-6-3-4-9-20(16)25-23(29)28-11-10-22-19(13-28)21(26-27(22)2)15-30-14-17-7-5-8-18(24)12-17/h3-9,12H,10-11,13-15H2,1-2H3,(H,25,29). The summed E-state index contributed by atoms with van der Waals surface area (Å²) in [6.07, 6.45) is 0.740. The number of nitrogens with one attached hydrogen (secondary N) is 1. The average Bonchev–Trinajstić information content (AvgIpc) is 3.05. The fourth-order valence-corrected chi connectivity index (χ4v) is 3.76. The van der Waals surface area contributed by atoms with Gasteiger partial charge in [0.1, 0.15) is 5.82 Å². The number of carbonyl (C=O) groups is 1. The Kier molecular flexibility index (Phi) is 5.81. The summed E-state index contributed by atoms with van der Waals surface area (Å²) in [5.41, 5.74) is 5.59. The first-order valence-electron chi connectivity index (χ1n) is 9.98. The van der Waals surface area contributed by atoms with Crippen LogP contribution in [-0.2, 0) is 38.0 Å². The normalized spacial score (nSPS) is 13.2. The monoisotopic (exact) mass is 408 g/mol. The molecule has 156 valence electrons. The van der Waals surface area contributed by atoms with Crippen LogP contribution >= 0.6 is 0 Å². The first-order chi connectivity index (χ1) is 14.5. The third-order valence-corrected chi connectivity index (χ3v) is 5.40. The van der Waals surface area contributed by atoms with E-state index in [2.05, 4.69) is 10.4 Å². The Balaban J connectivity index is 1.42. The Labute approximate surface area is 175 Å². The number of anilines is 1. The number of para-hydroxylation sites is 1. The van der Waals surface area contributed by atoms with Gasteiger partial charge in [-0.2, -0.15) is 5.10 Å². The zero-order chi connectivity index (χ0) is 21.1. The maximum atomic E-state index is 13.3. The number of halogens is 1. The molecule has 4 rings (SSSR count). The molecular formula is C23H25FN4O2. The van der Waals surface area contributed by atoms with Crippen molar-refractivity contribution < 1.29 is 13.9 Å². The number of nitrogens with zero attached hydrogens (tertiary/aromatic N) is 3. The molecule has 7 heteroatoms. The summed E-state index contributed by atoms with van der Waals surface area (Å²) in [5, 5.41) is 7.59. The maximum absolute atomic E-state index is 13.3. The second-order valence-corrected chi connectivity index (χ2v) is 7.53. The third kappa shape index (κ3) is 4.36. The Morgan fingerprint density at radius 1 is 1.20 bits per heavy atom. The highest BCUT2D eigenvalue weighted by Crippen LogP contribution is 2.24. The SMILES string of the molecule is Cc1ccccc1NC(=O)N1CCc2c(c(COCc3cccc(F)c3)nn2C)C1. The van der Waals surface area contributed by atoms with Gasteiger partial charge in [0.05, 0.1) is 25.5 Å². The molecule has 1 aliphatic heterocycles. The molecule has 0 saturated heterocycles. The molecule has 0 fully saturated rings. The van der Waals surface area contributed by atoms with E-state index >= 15 is 0 Å². The summed E-state index contributed by atoms with van der Waals surface area (Å²) < 4.78 is 21.0. The number of fused-ring (bicyclic) bond motifs is 1. The van der Waals surface area contributed by atoms with Gasteiger partial charge in [0, 0.05) is 37.0 Å². The van der Waals surface area contributed by atoms with Crippen LogP contribution in [0.15, 0.2) is 48.5 Å². The lowest BCUT2D eigenvalue weighted by Gasteiger charge is -2.28. The van der Waals surface area contributed by atoms with Crippen molar-refractivity contribution >= 4 is 11.7 Å². The fourth-order valence-electron chi connectivity index (χ4n) is 3.76. The highest BCUT2D eigenvalue weighted by Gasteiger charge is 2.27. The van der Waals surface area contributed by atoms with Crippen LogP contribution in [0.1, 0.15) is 28.1 Å². The fraction of sp³-hybridized carbons (Fsp3) is 0.304. The molecule has 2 heterocycles. The molecule has 1 N–H and O–H groups in total. The summed E-state index contributed by atoms with van der Waals surface area (Å²) >= 11 is 0. The van der Waals surface area contributed by atoms with Gasteiger partial charge in [-0.1, -0.05) is 30.3 Å². The topological polar surface area (TPSA) is 59.4 Å². The Bertz CT molecular complexity index is 1060. The molecule has 0 bridgehead atoms. The first kappa shape index (κ1) is 20.1. The molecule has 2 amide bonds. The van der Waals surface area contributed by atoms with E-state index in [0.717, 1.165) is 40.2 Å². The molecule has 0 radical (unpaired) electrons. The van der Waals surface area contributed by atoms with E-state index in [1.54, 1.807) is 11.0 Å². The summed E-state index contributed by atoms with van der Waals surface area (Å²) in [5.74, 6) is -0.276. The molecule has 2 aromatic carbocycles. The number of urea groups is 1. The number of aromatic nitrogens is 2. The Morgan fingerprint density at radius 3 is 2.83 bits per heavy atom. The van der Waals surface area contributed by atoms with Crippen molar-refractivity contribution in [2.45, 2.75) is 33.1 Å². The quantitative estimate of drug-likeness (QED) is 0.689. The summed E-state index contributed by atoms with van der Waals surface area (Å²) in [6, 6.07) is 14.0. The van der Waals surface area contributed by atoms with Gasteiger partial charge in [-0.25, -0.2) is 9.18 Å². The Morgan fingerprint density at radius 2 is 2.03 bits per heavy atom. The van der Waals surface area contributed by atoms with E-state index < -0.39 is 0 Å². The highest BCUT2D eigenvalue weighted by atomic mass is 19.1. The van der Waals surface area contributed by atoms with Crippen LogP contribution in [0.4, 0.5) is 14.9 Å². The Hall–Kier alpha value is -3.19. The predicted octanol–water partition coefficient (Wildman–Crippen LogP) is 4.17. The van der Waals surface area contributed by atoms with Crippen LogP contribution in [0.5, 0.6) is 0 Å². The molecule has 3 aromatic rings. The van der Waals surface area contributed by atoms with Gasteiger partial charge >= 0.3 is 6.03 Å². The lowest BCUT2D eigenvalue weighted by Crippen LogP contribution is -2.39. The second kappa shape index (κ2) is 8.67. The van der Waals surface area contributed by atoms with Gasteiger partial charge in [-0.3, -0.25) is 4.68 Å². The number of aryl methyl sites for hydroxylation is 2. The smallest absolute Gasteiger partial charge is 0.322 e. The van der Waals surface area contributed by atoms with Crippen LogP contribution in [0.25, 0.3) is 0 Å². The van der Waals surface area contributed by atoms with E-state index in [4.69, 9.17) is 4.74 Å². The molecule has 1 aliphatic rings. The zero-order valence-corrected chi connectivity index (χ0v) is 17.2. The molecule has 0 atom stereocenters. The number of hydrogen-bond acceptors (Lipinski definition) is 3. The predicted molar refractivity (Wildman–Crippen MR) is 112 cm³/mol. The van der Waals surface area contributed by atoms with Crippen molar-refractivity contribution in [3.05, 3.63) is 82.4 Å². The van der Waals surface area contributed by atoms with Crippen molar-refractivity contribution in [3.63, 3.8) is 0 Å². The zero-order valence-electron chi connectivity index (χ0n) is 17.2. The molecule has 0 saturated carbocycles. The minimum atomic E-state index is -0.276. The average molecular weight is 408 g/mol. The minimum Gasteiger partial charge on any atom is -0.370 e. The molecule has 0 spiro atoms. The van der Waals surface area contributed by atoms with E-state index in [1.165, 1.54) is 12.1 Å². The van der Waals surface area contributed by atoms with Crippen LogP contribution < -0.4 is 5.32 Å². The molecule has 6 nitrogen and oxygen atoms in total. The van der Waals surface area contributed by atoms with Gasteiger partial charge in [0.15, 0.2) is 0 Å². The summed E-state index contributed by atoms with van der Waals surface area (Å²) in [7, 11) is 1.91. The van der Waals surface area contributed by atoms with E-state index in [-0.39, 0.29) is 11.8 Å². The lowest BCUT2D eigenvalue weighted by molar-refractivity contribution is 0.103.